The van der Waals surface area contributed by atoms with E-state index in [1.54, 1.807) is 31.4 Å². The van der Waals surface area contributed by atoms with E-state index in [1.165, 1.54) is 0 Å². The number of anilines is 1. The fourth-order valence-electron chi connectivity index (χ4n) is 4.46. The van der Waals surface area contributed by atoms with E-state index in [2.05, 4.69) is 24.0 Å². The van der Waals surface area contributed by atoms with Gasteiger partial charge >= 0.3 is 0 Å². The van der Waals surface area contributed by atoms with Gasteiger partial charge in [-0.15, -0.1) is 0 Å². The molecule has 1 aliphatic heterocycles. The molecule has 1 aromatic heterocycles. The maximum Gasteiger partial charge on any atom is 0.227 e. The zero-order valence-corrected chi connectivity index (χ0v) is 20.6. The Bertz CT molecular complexity index is 1390. The number of benzene rings is 3. The first-order valence-corrected chi connectivity index (χ1v) is 11.9. The molecule has 2 heterocycles. The lowest BCUT2D eigenvalue weighted by Gasteiger charge is -2.30. The Kier molecular flexibility index (Phi) is 6.62. The lowest BCUT2D eigenvalue weighted by atomic mass is 9.97. The molecule has 0 saturated carbocycles. The van der Waals surface area contributed by atoms with E-state index in [0.29, 0.717) is 48.3 Å². The second-order valence-corrected chi connectivity index (χ2v) is 8.67. The first kappa shape index (κ1) is 23.5. The monoisotopic (exact) mass is 484 g/mol. The highest BCUT2D eigenvalue weighted by Crippen LogP contribution is 2.40. The van der Waals surface area contributed by atoms with Crippen LogP contribution in [-0.2, 0) is 4.79 Å². The summed E-state index contributed by atoms with van der Waals surface area (Å²) in [6, 6.07) is 21.1. The quantitative estimate of drug-likeness (QED) is 0.322. The van der Waals surface area contributed by atoms with E-state index in [4.69, 9.17) is 18.9 Å². The fraction of sp³-hybridized carbons (Fsp3) is 0.241. The smallest absolute Gasteiger partial charge is 0.227 e. The van der Waals surface area contributed by atoms with Crippen molar-refractivity contribution >= 4 is 22.5 Å². The van der Waals surface area contributed by atoms with Crippen LogP contribution in [0.4, 0.5) is 5.69 Å². The highest BCUT2D eigenvalue weighted by atomic mass is 16.5. The standard InChI is InChI=1S/C29H28N2O5/c1-19(20-7-5-4-6-8-20)15-29(32)31-13-14-35-26-16-21(9-10-24(26)31)36-25-11-12-30-23-18-28(34-3)27(33-2)17-22(23)25/h4-12,16-19H,13-15H2,1-3H3/t19-/m1/s1. The predicted octanol–water partition coefficient (Wildman–Crippen LogP) is 5.96. The zero-order valence-electron chi connectivity index (χ0n) is 20.6. The molecule has 7 nitrogen and oxygen atoms in total. The maximum atomic E-state index is 13.2. The topological polar surface area (TPSA) is 70.1 Å². The molecule has 0 N–H and O–H groups in total. The van der Waals surface area contributed by atoms with Crippen LogP contribution in [0.25, 0.3) is 10.9 Å². The molecule has 0 fully saturated rings. The van der Waals surface area contributed by atoms with E-state index in [-0.39, 0.29) is 11.8 Å². The molecule has 1 aliphatic rings. The van der Waals surface area contributed by atoms with Crippen LogP contribution in [0.5, 0.6) is 28.7 Å². The Morgan fingerprint density at radius 2 is 1.78 bits per heavy atom. The third-order valence-electron chi connectivity index (χ3n) is 6.38. The Morgan fingerprint density at radius 3 is 2.56 bits per heavy atom. The van der Waals surface area contributed by atoms with Crippen molar-refractivity contribution < 1.29 is 23.7 Å². The van der Waals surface area contributed by atoms with Crippen molar-refractivity contribution in [2.24, 2.45) is 0 Å². The summed E-state index contributed by atoms with van der Waals surface area (Å²) in [5.41, 5.74) is 2.63. The molecule has 7 heteroatoms. The average molecular weight is 485 g/mol. The minimum Gasteiger partial charge on any atom is -0.493 e. The zero-order chi connectivity index (χ0) is 25.1. The van der Waals surface area contributed by atoms with Gasteiger partial charge in [-0.1, -0.05) is 37.3 Å². The first-order chi connectivity index (χ1) is 17.6. The highest BCUT2D eigenvalue weighted by molar-refractivity contribution is 5.96. The Labute approximate surface area is 210 Å². The van der Waals surface area contributed by atoms with Crippen molar-refractivity contribution in [3.8, 4) is 28.7 Å². The number of ether oxygens (including phenoxy) is 4. The van der Waals surface area contributed by atoms with Gasteiger partial charge in [-0.25, -0.2) is 0 Å². The fourth-order valence-corrected chi connectivity index (χ4v) is 4.46. The SMILES string of the molecule is COc1cc2nccc(Oc3ccc4c(c3)OCCN4C(=O)C[C@@H](C)c3ccccc3)c2cc1OC. The predicted molar refractivity (Wildman–Crippen MR) is 139 cm³/mol. The normalized spacial score (nSPS) is 13.5. The van der Waals surface area contributed by atoms with Crippen LogP contribution >= 0.6 is 0 Å². The molecule has 0 bridgehead atoms. The van der Waals surface area contributed by atoms with Crippen molar-refractivity contribution in [1.29, 1.82) is 0 Å². The van der Waals surface area contributed by atoms with Crippen molar-refractivity contribution in [3.05, 3.63) is 78.5 Å². The van der Waals surface area contributed by atoms with Crippen LogP contribution in [0.1, 0.15) is 24.8 Å². The van der Waals surface area contributed by atoms with Gasteiger partial charge in [0, 0.05) is 30.1 Å². The van der Waals surface area contributed by atoms with E-state index >= 15 is 0 Å². The highest BCUT2D eigenvalue weighted by Gasteiger charge is 2.26. The molecular formula is C29H28N2O5. The summed E-state index contributed by atoms with van der Waals surface area (Å²) in [5.74, 6) is 3.24. The molecule has 0 aliphatic carbocycles. The number of pyridine rings is 1. The van der Waals surface area contributed by atoms with Gasteiger partial charge in [-0.3, -0.25) is 9.78 Å². The van der Waals surface area contributed by atoms with Crippen LogP contribution < -0.4 is 23.8 Å². The van der Waals surface area contributed by atoms with Crippen LogP contribution in [-0.4, -0.2) is 38.3 Å². The number of nitrogens with zero attached hydrogens (tertiary/aromatic N) is 2. The summed E-state index contributed by atoms with van der Waals surface area (Å²) < 4.78 is 23.0. The molecule has 5 rings (SSSR count). The number of methoxy groups -OCH3 is 2. The van der Waals surface area contributed by atoms with Crippen molar-refractivity contribution in [1.82, 2.24) is 4.98 Å². The van der Waals surface area contributed by atoms with E-state index in [1.807, 2.05) is 48.5 Å². The van der Waals surface area contributed by atoms with Gasteiger partial charge in [0.05, 0.1) is 32.0 Å². The van der Waals surface area contributed by atoms with Crippen molar-refractivity contribution in [3.63, 3.8) is 0 Å². The molecule has 3 aromatic carbocycles. The van der Waals surface area contributed by atoms with Crippen LogP contribution in [0, 0.1) is 0 Å². The lowest BCUT2D eigenvalue weighted by molar-refractivity contribution is -0.119. The van der Waals surface area contributed by atoms with Crippen molar-refractivity contribution in [2.45, 2.75) is 19.3 Å². The minimum atomic E-state index is 0.0748. The number of hydrogen-bond acceptors (Lipinski definition) is 6. The third-order valence-corrected chi connectivity index (χ3v) is 6.38. The summed E-state index contributed by atoms with van der Waals surface area (Å²) in [4.78, 5) is 19.4. The van der Waals surface area contributed by atoms with Gasteiger partial charge in [0.25, 0.3) is 0 Å². The molecule has 1 amide bonds. The molecule has 184 valence electrons. The van der Waals surface area contributed by atoms with Gasteiger partial charge in [0.15, 0.2) is 11.5 Å². The first-order valence-electron chi connectivity index (χ1n) is 11.9. The van der Waals surface area contributed by atoms with Crippen LogP contribution in [0.2, 0.25) is 0 Å². The maximum absolute atomic E-state index is 13.2. The van der Waals surface area contributed by atoms with Gasteiger partial charge in [0.1, 0.15) is 23.9 Å². The molecule has 0 radical (unpaired) electrons. The average Bonchev–Trinajstić information content (AvgIpc) is 2.92. The number of aromatic nitrogens is 1. The second-order valence-electron chi connectivity index (χ2n) is 8.67. The van der Waals surface area contributed by atoms with Gasteiger partial charge in [0.2, 0.25) is 5.91 Å². The van der Waals surface area contributed by atoms with E-state index < -0.39 is 0 Å². The molecule has 0 spiro atoms. The van der Waals surface area contributed by atoms with Gasteiger partial charge < -0.3 is 23.8 Å². The largest absolute Gasteiger partial charge is 0.493 e. The van der Waals surface area contributed by atoms with Crippen LogP contribution in [0.15, 0.2) is 72.9 Å². The number of rotatable bonds is 7. The van der Waals surface area contributed by atoms with E-state index in [9.17, 15) is 4.79 Å². The number of hydrogen-bond donors (Lipinski definition) is 0. The Hall–Kier alpha value is -4.26. The summed E-state index contributed by atoms with van der Waals surface area (Å²) in [5, 5.41) is 0.792. The van der Waals surface area contributed by atoms with E-state index in [0.717, 1.165) is 22.2 Å². The molecule has 0 saturated heterocycles. The number of amides is 1. The summed E-state index contributed by atoms with van der Waals surface area (Å²) in [7, 11) is 3.18. The van der Waals surface area contributed by atoms with Crippen LogP contribution in [0.3, 0.4) is 0 Å². The minimum absolute atomic E-state index is 0.0748. The molecule has 0 unspecified atom stereocenters. The summed E-state index contributed by atoms with van der Waals surface area (Å²) >= 11 is 0. The number of carbonyl (C=O) groups is 1. The molecular weight excluding hydrogens is 456 g/mol. The van der Waals surface area contributed by atoms with Gasteiger partial charge in [-0.05, 0) is 35.7 Å². The molecule has 1 atom stereocenters. The second kappa shape index (κ2) is 10.2. The Morgan fingerprint density at radius 1 is 1.00 bits per heavy atom. The summed E-state index contributed by atoms with van der Waals surface area (Å²) in [6.07, 6.45) is 2.11. The lowest BCUT2D eigenvalue weighted by Crippen LogP contribution is -2.38. The Balaban J connectivity index is 1.38. The van der Waals surface area contributed by atoms with Gasteiger partial charge in [-0.2, -0.15) is 0 Å². The summed E-state index contributed by atoms with van der Waals surface area (Å²) in [6.45, 7) is 3.02. The molecule has 36 heavy (non-hydrogen) atoms. The van der Waals surface area contributed by atoms with Crippen molar-refractivity contribution in [2.75, 3.05) is 32.3 Å². The number of carbonyl (C=O) groups excluding carboxylic acids is 1. The number of fused-ring (bicyclic) bond motifs is 2. The molecule has 4 aromatic rings. The third kappa shape index (κ3) is 4.64.